The minimum atomic E-state index is -0.0894. The largest absolute Gasteiger partial charge is 0.466 e. The van der Waals surface area contributed by atoms with Crippen molar-refractivity contribution in [1.82, 2.24) is 4.90 Å². The standard InChI is InChI=1S/C24H31NO3/c1-2-19-27-23(26)15-18-25-16-13-22(14-17-25)28-24(20-9-5-3-6-10-20)21-11-7-4-8-12-21/h3-12,22,24H,2,13-19H2,1H3. The Morgan fingerprint density at radius 3 is 2.11 bits per heavy atom. The average molecular weight is 382 g/mol. The minimum Gasteiger partial charge on any atom is -0.466 e. The number of likely N-dealkylation sites (tertiary alicyclic amines) is 1. The summed E-state index contributed by atoms with van der Waals surface area (Å²) in [6.45, 7) is 5.23. The molecule has 0 atom stereocenters. The molecule has 0 unspecified atom stereocenters. The molecule has 2 aromatic carbocycles. The summed E-state index contributed by atoms with van der Waals surface area (Å²) in [6, 6.07) is 20.9. The van der Waals surface area contributed by atoms with Crippen LogP contribution in [0.25, 0.3) is 0 Å². The fourth-order valence-corrected chi connectivity index (χ4v) is 3.60. The molecule has 1 aliphatic rings. The summed E-state index contributed by atoms with van der Waals surface area (Å²) in [5.41, 5.74) is 2.38. The molecule has 1 aliphatic heterocycles. The predicted molar refractivity (Wildman–Crippen MR) is 111 cm³/mol. The van der Waals surface area contributed by atoms with Crippen LogP contribution in [0.1, 0.15) is 49.8 Å². The molecule has 1 fully saturated rings. The van der Waals surface area contributed by atoms with E-state index in [-0.39, 0.29) is 18.2 Å². The zero-order valence-electron chi connectivity index (χ0n) is 16.8. The van der Waals surface area contributed by atoms with Crippen LogP contribution in [0.3, 0.4) is 0 Å². The Kier molecular flexibility index (Phi) is 8.07. The van der Waals surface area contributed by atoms with Crippen molar-refractivity contribution in [3.8, 4) is 0 Å². The molecular weight excluding hydrogens is 350 g/mol. The molecule has 4 nitrogen and oxygen atoms in total. The Bertz CT molecular complexity index is 657. The van der Waals surface area contributed by atoms with Crippen LogP contribution in [0.2, 0.25) is 0 Å². The van der Waals surface area contributed by atoms with E-state index in [2.05, 4.69) is 53.4 Å². The van der Waals surface area contributed by atoms with Crippen molar-refractivity contribution in [2.24, 2.45) is 0 Å². The van der Waals surface area contributed by atoms with E-state index in [4.69, 9.17) is 9.47 Å². The number of hydrogen-bond acceptors (Lipinski definition) is 4. The molecule has 3 rings (SSSR count). The van der Waals surface area contributed by atoms with Gasteiger partial charge < -0.3 is 14.4 Å². The highest BCUT2D eigenvalue weighted by Crippen LogP contribution is 2.29. The Balaban J connectivity index is 1.52. The summed E-state index contributed by atoms with van der Waals surface area (Å²) in [4.78, 5) is 14.0. The maximum Gasteiger partial charge on any atom is 0.307 e. The zero-order valence-corrected chi connectivity index (χ0v) is 16.8. The lowest BCUT2D eigenvalue weighted by molar-refractivity contribution is -0.144. The van der Waals surface area contributed by atoms with E-state index in [0.29, 0.717) is 13.0 Å². The molecular formula is C24H31NO3. The summed E-state index contributed by atoms with van der Waals surface area (Å²) >= 11 is 0. The van der Waals surface area contributed by atoms with E-state index in [1.54, 1.807) is 0 Å². The van der Waals surface area contributed by atoms with Gasteiger partial charge in [-0.1, -0.05) is 67.6 Å². The van der Waals surface area contributed by atoms with E-state index < -0.39 is 0 Å². The molecule has 0 radical (unpaired) electrons. The van der Waals surface area contributed by atoms with Crippen LogP contribution in [0.4, 0.5) is 0 Å². The zero-order chi connectivity index (χ0) is 19.6. The molecule has 0 spiro atoms. The number of nitrogens with zero attached hydrogens (tertiary/aromatic N) is 1. The fraction of sp³-hybridized carbons (Fsp3) is 0.458. The molecule has 28 heavy (non-hydrogen) atoms. The van der Waals surface area contributed by atoms with E-state index in [9.17, 15) is 4.79 Å². The quantitative estimate of drug-likeness (QED) is 0.595. The van der Waals surface area contributed by atoms with Crippen LogP contribution >= 0.6 is 0 Å². The molecule has 0 amide bonds. The van der Waals surface area contributed by atoms with Crippen molar-refractivity contribution in [3.63, 3.8) is 0 Å². The van der Waals surface area contributed by atoms with Gasteiger partial charge in [0.15, 0.2) is 0 Å². The van der Waals surface area contributed by atoms with Crippen LogP contribution in [-0.4, -0.2) is 43.2 Å². The van der Waals surface area contributed by atoms with Crippen LogP contribution in [0.15, 0.2) is 60.7 Å². The van der Waals surface area contributed by atoms with E-state index >= 15 is 0 Å². The van der Waals surface area contributed by atoms with Gasteiger partial charge in [0.05, 0.1) is 19.1 Å². The van der Waals surface area contributed by atoms with Gasteiger partial charge in [-0.25, -0.2) is 0 Å². The third-order valence-corrected chi connectivity index (χ3v) is 5.17. The van der Waals surface area contributed by atoms with Gasteiger partial charge in [-0.15, -0.1) is 0 Å². The molecule has 2 aromatic rings. The normalized spacial score (nSPS) is 15.6. The van der Waals surface area contributed by atoms with Gasteiger partial charge in [-0.3, -0.25) is 4.79 Å². The van der Waals surface area contributed by atoms with Crippen LogP contribution in [-0.2, 0) is 14.3 Å². The van der Waals surface area contributed by atoms with Gasteiger partial charge in [0, 0.05) is 19.6 Å². The first-order chi connectivity index (χ1) is 13.8. The van der Waals surface area contributed by atoms with E-state index in [0.717, 1.165) is 38.9 Å². The second-order valence-electron chi connectivity index (χ2n) is 7.35. The number of benzene rings is 2. The van der Waals surface area contributed by atoms with Gasteiger partial charge in [-0.2, -0.15) is 0 Å². The SMILES string of the molecule is CCCOC(=O)CCN1CCC(OC(c2ccccc2)c2ccccc2)CC1. The van der Waals surface area contributed by atoms with Crippen molar-refractivity contribution in [3.05, 3.63) is 71.8 Å². The van der Waals surface area contributed by atoms with Crippen LogP contribution in [0.5, 0.6) is 0 Å². The Labute approximate surface area is 168 Å². The summed E-state index contributed by atoms with van der Waals surface area (Å²) in [7, 11) is 0. The summed E-state index contributed by atoms with van der Waals surface area (Å²) < 4.78 is 11.7. The van der Waals surface area contributed by atoms with Crippen molar-refractivity contribution < 1.29 is 14.3 Å². The second kappa shape index (κ2) is 11.0. The van der Waals surface area contributed by atoms with Gasteiger partial charge in [0.2, 0.25) is 0 Å². The number of carbonyl (C=O) groups is 1. The molecule has 4 heteroatoms. The van der Waals surface area contributed by atoms with Crippen molar-refractivity contribution in [2.45, 2.75) is 44.8 Å². The third kappa shape index (κ3) is 6.18. The Morgan fingerprint density at radius 1 is 1.00 bits per heavy atom. The monoisotopic (exact) mass is 381 g/mol. The molecule has 0 aliphatic carbocycles. The first-order valence-electron chi connectivity index (χ1n) is 10.4. The van der Waals surface area contributed by atoms with Crippen LogP contribution in [0, 0.1) is 0 Å². The van der Waals surface area contributed by atoms with Gasteiger partial charge in [0.1, 0.15) is 6.10 Å². The number of rotatable bonds is 9. The molecule has 0 bridgehead atoms. The lowest BCUT2D eigenvalue weighted by Crippen LogP contribution is -2.38. The lowest BCUT2D eigenvalue weighted by atomic mass is 10.00. The van der Waals surface area contributed by atoms with Crippen LogP contribution < -0.4 is 0 Å². The summed E-state index contributed by atoms with van der Waals surface area (Å²) in [6.07, 6.45) is 3.51. The van der Waals surface area contributed by atoms with Gasteiger partial charge >= 0.3 is 5.97 Å². The summed E-state index contributed by atoms with van der Waals surface area (Å²) in [5, 5.41) is 0. The summed E-state index contributed by atoms with van der Waals surface area (Å²) in [5.74, 6) is -0.0894. The molecule has 1 saturated heterocycles. The molecule has 0 N–H and O–H groups in total. The van der Waals surface area contributed by atoms with Crippen molar-refractivity contribution in [1.29, 1.82) is 0 Å². The number of esters is 1. The predicted octanol–water partition coefficient (Wildman–Crippen LogP) is 4.60. The number of ether oxygens (including phenoxy) is 2. The average Bonchev–Trinajstić information content (AvgIpc) is 2.76. The minimum absolute atomic E-state index is 0.0389. The Hall–Kier alpha value is -2.17. The highest BCUT2D eigenvalue weighted by atomic mass is 16.5. The molecule has 1 heterocycles. The topological polar surface area (TPSA) is 38.8 Å². The van der Waals surface area contributed by atoms with Gasteiger partial charge in [0.25, 0.3) is 0 Å². The smallest absolute Gasteiger partial charge is 0.307 e. The number of piperidine rings is 1. The maximum atomic E-state index is 11.7. The highest BCUT2D eigenvalue weighted by molar-refractivity contribution is 5.69. The second-order valence-corrected chi connectivity index (χ2v) is 7.35. The highest BCUT2D eigenvalue weighted by Gasteiger charge is 2.25. The Morgan fingerprint density at radius 2 is 1.57 bits per heavy atom. The lowest BCUT2D eigenvalue weighted by Gasteiger charge is -2.34. The van der Waals surface area contributed by atoms with E-state index in [1.807, 2.05) is 19.1 Å². The number of hydrogen-bond donors (Lipinski definition) is 0. The van der Waals surface area contributed by atoms with Crippen molar-refractivity contribution >= 4 is 5.97 Å². The number of carbonyl (C=O) groups excluding carboxylic acids is 1. The first-order valence-corrected chi connectivity index (χ1v) is 10.4. The van der Waals surface area contributed by atoms with Gasteiger partial charge in [-0.05, 0) is 30.4 Å². The van der Waals surface area contributed by atoms with Crippen molar-refractivity contribution in [2.75, 3.05) is 26.2 Å². The molecule has 0 aromatic heterocycles. The first kappa shape index (κ1) is 20.6. The molecule has 150 valence electrons. The molecule has 0 saturated carbocycles. The van der Waals surface area contributed by atoms with E-state index in [1.165, 1.54) is 11.1 Å². The fourth-order valence-electron chi connectivity index (χ4n) is 3.60. The third-order valence-electron chi connectivity index (χ3n) is 5.17. The maximum absolute atomic E-state index is 11.7.